The lowest BCUT2D eigenvalue weighted by Gasteiger charge is -1.98. The molecule has 0 saturated heterocycles. The Labute approximate surface area is 88.9 Å². The summed E-state index contributed by atoms with van der Waals surface area (Å²) in [5.41, 5.74) is 1.29. The van der Waals surface area contributed by atoms with Crippen molar-refractivity contribution in [2.24, 2.45) is 0 Å². The average molecular weight is 200 g/mol. The van der Waals surface area contributed by atoms with E-state index in [0.717, 1.165) is 5.57 Å². The fourth-order valence-electron chi connectivity index (χ4n) is 0.982. The molecule has 0 atom stereocenters. The standard InChI is InChI=1S/C12H12N2O/c1-3-5-6-11(4-2)12-13-7-10(9-15)8-14-12/h3-9H,2H2,1H3/b5-3-,11-6+. The number of hydrogen-bond acceptors (Lipinski definition) is 3. The van der Waals surface area contributed by atoms with Crippen LogP contribution in [0.3, 0.4) is 0 Å². The van der Waals surface area contributed by atoms with Gasteiger partial charge < -0.3 is 0 Å². The molecule has 0 aliphatic rings. The van der Waals surface area contributed by atoms with E-state index in [2.05, 4.69) is 16.5 Å². The third-order valence-corrected chi connectivity index (χ3v) is 1.75. The molecule has 1 rings (SSSR count). The smallest absolute Gasteiger partial charge is 0.159 e. The molecule has 0 N–H and O–H groups in total. The summed E-state index contributed by atoms with van der Waals surface area (Å²) in [6, 6.07) is 0. The summed E-state index contributed by atoms with van der Waals surface area (Å²) in [7, 11) is 0. The summed E-state index contributed by atoms with van der Waals surface area (Å²) >= 11 is 0. The Bertz CT molecular complexity index is 402. The highest BCUT2D eigenvalue weighted by Gasteiger charge is 1.99. The van der Waals surface area contributed by atoms with Gasteiger partial charge >= 0.3 is 0 Å². The molecule has 0 aromatic carbocycles. The van der Waals surface area contributed by atoms with Crippen molar-refractivity contribution in [3.05, 3.63) is 54.7 Å². The summed E-state index contributed by atoms with van der Waals surface area (Å²) in [5, 5.41) is 0. The summed E-state index contributed by atoms with van der Waals surface area (Å²) < 4.78 is 0. The van der Waals surface area contributed by atoms with Crippen molar-refractivity contribution >= 4 is 11.9 Å². The normalized spacial score (nSPS) is 11.7. The highest BCUT2D eigenvalue weighted by Crippen LogP contribution is 2.09. The van der Waals surface area contributed by atoms with Gasteiger partial charge in [-0.3, -0.25) is 4.79 Å². The van der Waals surface area contributed by atoms with Crippen molar-refractivity contribution in [3.63, 3.8) is 0 Å². The van der Waals surface area contributed by atoms with Gasteiger partial charge in [0.2, 0.25) is 0 Å². The molecule has 0 fully saturated rings. The molecule has 0 aliphatic carbocycles. The first kappa shape index (κ1) is 11.0. The first-order valence-corrected chi connectivity index (χ1v) is 4.54. The van der Waals surface area contributed by atoms with Gasteiger partial charge in [0, 0.05) is 18.0 Å². The molecule has 3 heteroatoms. The van der Waals surface area contributed by atoms with Crippen LogP contribution < -0.4 is 0 Å². The third kappa shape index (κ3) is 2.98. The zero-order valence-electron chi connectivity index (χ0n) is 8.55. The van der Waals surface area contributed by atoms with E-state index in [-0.39, 0.29) is 0 Å². The van der Waals surface area contributed by atoms with Gasteiger partial charge in [-0.05, 0) is 6.92 Å². The van der Waals surface area contributed by atoms with Crippen molar-refractivity contribution in [1.29, 1.82) is 0 Å². The highest BCUT2D eigenvalue weighted by molar-refractivity contribution is 5.75. The molecule has 0 saturated carbocycles. The number of nitrogens with zero attached hydrogens (tertiary/aromatic N) is 2. The topological polar surface area (TPSA) is 42.9 Å². The minimum absolute atomic E-state index is 0.466. The Morgan fingerprint density at radius 1 is 1.40 bits per heavy atom. The van der Waals surface area contributed by atoms with E-state index in [1.54, 1.807) is 6.08 Å². The van der Waals surface area contributed by atoms with Gasteiger partial charge in [-0.15, -0.1) is 0 Å². The molecule has 76 valence electrons. The number of carbonyl (C=O) groups excluding carboxylic acids is 1. The van der Waals surface area contributed by atoms with Crippen LogP contribution in [0.1, 0.15) is 23.1 Å². The SMILES string of the molecule is C=C/C(=C\C=C/C)c1ncc(C=O)cn1. The lowest BCUT2D eigenvalue weighted by Crippen LogP contribution is -1.93. The molecule has 0 radical (unpaired) electrons. The van der Waals surface area contributed by atoms with Crippen molar-refractivity contribution in [1.82, 2.24) is 9.97 Å². The number of aromatic nitrogens is 2. The first-order chi connectivity index (χ1) is 7.31. The molecule has 1 aromatic rings. The predicted octanol–water partition coefficient (Wildman–Crippen LogP) is 2.43. The molecular weight excluding hydrogens is 188 g/mol. The van der Waals surface area contributed by atoms with Gasteiger partial charge in [0.05, 0.1) is 5.56 Å². The molecule has 3 nitrogen and oxygen atoms in total. The van der Waals surface area contributed by atoms with Gasteiger partial charge in [-0.1, -0.05) is 30.9 Å². The van der Waals surface area contributed by atoms with Gasteiger partial charge in [0.25, 0.3) is 0 Å². The van der Waals surface area contributed by atoms with Crippen LogP contribution in [0.15, 0.2) is 43.3 Å². The minimum Gasteiger partial charge on any atom is -0.298 e. The Kier molecular flexibility index (Phi) is 4.16. The second-order valence-corrected chi connectivity index (χ2v) is 2.81. The molecule has 15 heavy (non-hydrogen) atoms. The Morgan fingerprint density at radius 2 is 2.07 bits per heavy atom. The molecule has 1 aromatic heterocycles. The van der Waals surface area contributed by atoms with E-state index in [4.69, 9.17) is 0 Å². The molecule has 0 unspecified atom stereocenters. The molecular formula is C12H12N2O. The maximum atomic E-state index is 10.4. The van der Waals surface area contributed by atoms with Crippen LogP contribution in [0, 0.1) is 0 Å². The van der Waals surface area contributed by atoms with Crippen LogP contribution in [0.5, 0.6) is 0 Å². The Balaban J connectivity index is 3.02. The zero-order chi connectivity index (χ0) is 11.1. The van der Waals surface area contributed by atoms with E-state index in [1.165, 1.54) is 12.4 Å². The minimum atomic E-state index is 0.466. The van der Waals surface area contributed by atoms with Crippen molar-refractivity contribution in [2.45, 2.75) is 6.92 Å². The fraction of sp³-hybridized carbons (Fsp3) is 0.0833. The largest absolute Gasteiger partial charge is 0.298 e. The van der Waals surface area contributed by atoms with E-state index in [9.17, 15) is 4.79 Å². The van der Waals surface area contributed by atoms with Crippen LogP contribution in [-0.2, 0) is 0 Å². The monoisotopic (exact) mass is 200 g/mol. The predicted molar refractivity (Wildman–Crippen MR) is 60.4 cm³/mol. The molecule has 0 spiro atoms. The van der Waals surface area contributed by atoms with Crippen LogP contribution in [0.25, 0.3) is 5.57 Å². The van der Waals surface area contributed by atoms with Crippen LogP contribution >= 0.6 is 0 Å². The number of allylic oxidation sites excluding steroid dienone is 5. The average Bonchev–Trinajstić information content (AvgIpc) is 2.31. The first-order valence-electron chi connectivity index (χ1n) is 4.54. The van der Waals surface area contributed by atoms with Crippen molar-refractivity contribution < 1.29 is 4.79 Å². The summed E-state index contributed by atoms with van der Waals surface area (Å²) in [5.74, 6) is 0.564. The second-order valence-electron chi connectivity index (χ2n) is 2.81. The van der Waals surface area contributed by atoms with Crippen molar-refractivity contribution in [3.8, 4) is 0 Å². The third-order valence-electron chi connectivity index (χ3n) is 1.75. The lowest BCUT2D eigenvalue weighted by molar-refractivity contribution is 0.112. The van der Waals surface area contributed by atoms with E-state index in [1.807, 2.05) is 25.2 Å². The molecule has 0 amide bonds. The fourth-order valence-corrected chi connectivity index (χ4v) is 0.982. The molecule has 0 bridgehead atoms. The quantitative estimate of drug-likeness (QED) is 0.553. The number of aldehydes is 1. The van der Waals surface area contributed by atoms with Gasteiger partial charge in [0.15, 0.2) is 12.1 Å². The Hall–Kier alpha value is -2.03. The number of rotatable bonds is 4. The van der Waals surface area contributed by atoms with Crippen LogP contribution in [0.4, 0.5) is 0 Å². The maximum absolute atomic E-state index is 10.4. The van der Waals surface area contributed by atoms with Crippen LogP contribution in [-0.4, -0.2) is 16.3 Å². The van der Waals surface area contributed by atoms with Gasteiger partial charge in [-0.25, -0.2) is 9.97 Å². The Morgan fingerprint density at radius 3 is 2.53 bits per heavy atom. The van der Waals surface area contributed by atoms with Gasteiger partial charge in [-0.2, -0.15) is 0 Å². The number of hydrogen-bond donors (Lipinski definition) is 0. The van der Waals surface area contributed by atoms with E-state index < -0.39 is 0 Å². The van der Waals surface area contributed by atoms with Gasteiger partial charge in [0.1, 0.15) is 0 Å². The summed E-state index contributed by atoms with van der Waals surface area (Å²) in [4.78, 5) is 18.5. The van der Waals surface area contributed by atoms with Crippen molar-refractivity contribution in [2.75, 3.05) is 0 Å². The van der Waals surface area contributed by atoms with E-state index >= 15 is 0 Å². The molecule has 0 aliphatic heterocycles. The lowest BCUT2D eigenvalue weighted by atomic mass is 10.2. The summed E-state index contributed by atoms with van der Waals surface area (Å²) in [6.45, 7) is 5.61. The molecule has 1 heterocycles. The van der Waals surface area contributed by atoms with Crippen LogP contribution in [0.2, 0.25) is 0 Å². The van der Waals surface area contributed by atoms with E-state index in [0.29, 0.717) is 17.7 Å². The zero-order valence-corrected chi connectivity index (χ0v) is 8.55. The second kappa shape index (κ2) is 5.65. The maximum Gasteiger partial charge on any atom is 0.159 e. The highest BCUT2D eigenvalue weighted by atomic mass is 16.1. The summed E-state index contributed by atoms with van der Waals surface area (Å²) in [6.07, 6.45) is 11.0. The number of carbonyl (C=O) groups is 1.